The molecule has 4 rings (SSSR count). The van der Waals surface area contributed by atoms with E-state index in [2.05, 4.69) is 34.5 Å². The molecule has 1 saturated heterocycles. The van der Waals surface area contributed by atoms with Crippen LogP contribution in [0.4, 0.5) is 5.82 Å². The van der Waals surface area contributed by atoms with Crippen molar-refractivity contribution in [2.75, 3.05) is 45.1 Å². The highest BCUT2D eigenvalue weighted by Crippen LogP contribution is 2.18. The summed E-state index contributed by atoms with van der Waals surface area (Å²) in [7, 11) is -1.33. The SMILES string of the molecule is C[NH+]1CCN(S(=O)(=O)c2ccc(NCCc3c[nH]c4ccccc34)[nH+]c2)CC1. The van der Waals surface area contributed by atoms with Crippen LogP contribution in [0.1, 0.15) is 5.56 Å². The molecule has 28 heavy (non-hydrogen) atoms. The van der Waals surface area contributed by atoms with Crippen LogP contribution in [-0.2, 0) is 16.4 Å². The van der Waals surface area contributed by atoms with E-state index in [0.717, 1.165) is 37.4 Å². The lowest BCUT2D eigenvalue weighted by molar-refractivity contribution is -0.883. The third kappa shape index (κ3) is 3.89. The van der Waals surface area contributed by atoms with Crippen molar-refractivity contribution in [3.05, 3.63) is 54.4 Å². The maximum absolute atomic E-state index is 12.8. The molecule has 4 N–H and O–H groups in total. The molecule has 1 aromatic carbocycles. The number of benzene rings is 1. The van der Waals surface area contributed by atoms with E-state index in [9.17, 15) is 8.42 Å². The number of aromatic nitrogens is 2. The fourth-order valence-corrected chi connectivity index (χ4v) is 5.02. The van der Waals surface area contributed by atoms with E-state index >= 15 is 0 Å². The minimum atomic E-state index is -3.43. The minimum Gasteiger partial charge on any atom is -0.361 e. The number of pyridine rings is 1. The molecule has 0 unspecified atom stereocenters. The number of aromatic amines is 2. The van der Waals surface area contributed by atoms with Crippen molar-refractivity contribution in [1.29, 1.82) is 0 Å². The Morgan fingerprint density at radius 1 is 1.18 bits per heavy atom. The van der Waals surface area contributed by atoms with Crippen LogP contribution in [0.3, 0.4) is 0 Å². The van der Waals surface area contributed by atoms with Crippen LogP contribution in [0.5, 0.6) is 0 Å². The van der Waals surface area contributed by atoms with Crippen LogP contribution in [0, 0.1) is 0 Å². The number of H-pyrrole nitrogens is 2. The van der Waals surface area contributed by atoms with Gasteiger partial charge in [0.2, 0.25) is 10.0 Å². The van der Waals surface area contributed by atoms with Crippen LogP contribution in [0.2, 0.25) is 0 Å². The first-order valence-corrected chi connectivity index (χ1v) is 11.1. The number of likely N-dealkylation sites (N-methyl/N-ethyl adjacent to an activating group) is 1. The molecule has 0 amide bonds. The zero-order chi connectivity index (χ0) is 19.6. The molecule has 8 heteroatoms. The Bertz CT molecular complexity index is 1040. The minimum absolute atomic E-state index is 0.314. The third-order valence-corrected chi connectivity index (χ3v) is 7.28. The number of quaternary nitrogens is 1. The molecule has 0 spiro atoms. The number of nitrogens with zero attached hydrogens (tertiary/aromatic N) is 1. The summed E-state index contributed by atoms with van der Waals surface area (Å²) in [6, 6.07) is 11.7. The number of anilines is 1. The fourth-order valence-electron chi connectivity index (χ4n) is 3.61. The van der Waals surface area contributed by atoms with Gasteiger partial charge in [0.1, 0.15) is 11.1 Å². The Labute approximate surface area is 165 Å². The van der Waals surface area contributed by atoms with E-state index in [1.165, 1.54) is 15.8 Å². The van der Waals surface area contributed by atoms with E-state index in [1.807, 2.05) is 18.3 Å². The quantitative estimate of drug-likeness (QED) is 0.550. The van der Waals surface area contributed by atoms with Crippen molar-refractivity contribution in [1.82, 2.24) is 9.29 Å². The van der Waals surface area contributed by atoms with Gasteiger partial charge < -0.3 is 9.88 Å². The molecule has 7 nitrogen and oxygen atoms in total. The molecule has 0 radical (unpaired) electrons. The summed E-state index contributed by atoms with van der Waals surface area (Å²) in [4.78, 5) is 8.05. The molecule has 0 saturated carbocycles. The molecule has 1 aliphatic rings. The number of nitrogens with one attached hydrogen (secondary N) is 4. The van der Waals surface area contributed by atoms with Gasteiger partial charge in [0, 0.05) is 29.6 Å². The van der Waals surface area contributed by atoms with E-state index in [-0.39, 0.29) is 0 Å². The van der Waals surface area contributed by atoms with Crippen LogP contribution in [-0.4, -0.2) is 57.5 Å². The van der Waals surface area contributed by atoms with Crippen LogP contribution < -0.4 is 15.2 Å². The molecule has 1 fully saturated rings. The summed E-state index contributed by atoms with van der Waals surface area (Å²) in [5, 5.41) is 4.57. The summed E-state index contributed by atoms with van der Waals surface area (Å²) in [5.74, 6) is 0.807. The molecule has 0 aliphatic carbocycles. The lowest BCUT2D eigenvalue weighted by Gasteiger charge is -2.29. The second kappa shape index (κ2) is 7.90. The summed E-state index contributed by atoms with van der Waals surface area (Å²) in [6.45, 7) is 3.58. The smallest absolute Gasteiger partial charge is 0.272 e. The van der Waals surface area contributed by atoms with Gasteiger partial charge in [0.25, 0.3) is 5.82 Å². The Balaban J connectivity index is 1.37. The molecule has 1 aliphatic heterocycles. The zero-order valence-corrected chi connectivity index (χ0v) is 16.8. The molecule has 0 bridgehead atoms. The van der Waals surface area contributed by atoms with Gasteiger partial charge in [-0.05, 0) is 17.7 Å². The Morgan fingerprint density at radius 2 is 1.96 bits per heavy atom. The van der Waals surface area contributed by atoms with Crippen LogP contribution in [0.15, 0.2) is 53.7 Å². The first kappa shape index (κ1) is 18.9. The van der Waals surface area contributed by atoms with Gasteiger partial charge in [-0.2, -0.15) is 4.31 Å². The Morgan fingerprint density at radius 3 is 2.71 bits per heavy atom. The molecule has 2 aromatic heterocycles. The second-order valence-electron chi connectivity index (χ2n) is 7.34. The lowest BCUT2D eigenvalue weighted by Crippen LogP contribution is -3.12. The predicted octanol–water partition coefficient (Wildman–Crippen LogP) is 0.156. The number of fused-ring (bicyclic) bond motifs is 1. The standard InChI is InChI=1S/C20H25N5O2S/c1-24-10-12-25(13-11-24)28(26,27)17-6-7-20(23-15-17)21-9-8-16-14-22-19-5-3-2-4-18(16)19/h2-7,14-15,22H,8-13H2,1H3,(H,21,23)/p+2. The summed E-state index contributed by atoms with van der Waals surface area (Å²) >= 11 is 0. The monoisotopic (exact) mass is 401 g/mol. The molecule has 3 aromatic rings. The topological polar surface area (TPSA) is 83.8 Å². The normalized spacial score (nSPS) is 16.5. The fraction of sp³-hybridized carbons (Fsp3) is 0.350. The average molecular weight is 402 g/mol. The third-order valence-electron chi connectivity index (χ3n) is 5.38. The number of para-hydroxylation sites is 1. The van der Waals surface area contributed by atoms with Gasteiger partial charge in [0.15, 0.2) is 0 Å². The van der Waals surface area contributed by atoms with Crippen molar-refractivity contribution in [2.45, 2.75) is 11.3 Å². The summed E-state index contributed by atoms with van der Waals surface area (Å²) in [6.07, 6.45) is 4.50. The Kier molecular flexibility index (Phi) is 5.34. The molecule has 0 atom stereocenters. The van der Waals surface area contributed by atoms with Gasteiger partial charge in [-0.25, -0.2) is 13.4 Å². The number of hydrogen-bond donors (Lipinski definition) is 3. The maximum atomic E-state index is 12.8. The van der Waals surface area contributed by atoms with Gasteiger partial charge >= 0.3 is 0 Å². The average Bonchev–Trinajstić information content (AvgIpc) is 3.12. The number of hydrogen-bond acceptors (Lipinski definition) is 3. The summed E-state index contributed by atoms with van der Waals surface area (Å²) in [5.41, 5.74) is 2.41. The largest absolute Gasteiger partial charge is 0.361 e. The van der Waals surface area contributed by atoms with Crippen molar-refractivity contribution in [2.24, 2.45) is 0 Å². The van der Waals surface area contributed by atoms with Gasteiger partial charge in [-0.1, -0.05) is 18.2 Å². The summed E-state index contributed by atoms with van der Waals surface area (Å²) < 4.78 is 27.1. The second-order valence-corrected chi connectivity index (χ2v) is 9.27. The van der Waals surface area contributed by atoms with Gasteiger partial charge in [-0.15, -0.1) is 0 Å². The van der Waals surface area contributed by atoms with Crippen molar-refractivity contribution in [3.8, 4) is 0 Å². The maximum Gasteiger partial charge on any atom is 0.272 e. The highest BCUT2D eigenvalue weighted by atomic mass is 32.2. The molecular formula is C20H27N5O2S+2. The van der Waals surface area contributed by atoms with Crippen molar-refractivity contribution >= 4 is 26.7 Å². The Hall–Kier alpha value is -2.42. The van der Waals surface area contributed by atoms with Gasteiger partial charge in [0.05, 0.1) is 39.8 Å². The number of piperazine rings is 1. The lowest BCUT2D eigenvalue weighted by atomic mass is 10.1. The first-order chi connectivity index (χ1) is 13.5. The van der Waals surface area contributed by atoms with E-state index in [4.69, 9.17) is 0 Å². The molecule has 148 valence electrons. The molecule has 3 heterocycles. The van der Waals surface area contributed by atoms with E-state index in [0.29, 0.717) is 18.0 Å². The van der Waals surface area contributed by atoms with E-state index in [1.54, 1.807) is 22.6 Å². The highest BCUT2D eigenvalue weighted by molar-refractivity contribution is 7.89. The van der Waals surface area contributed by atoms with Crippen LogP contribution >= 0.6 is 0 Å². The number of sulfonamides is 1. The first-order valence-electron chi connectivity index (χ1n) is 9.66. The van der Waals surface area contributed by atoms with Gasteiger partial charge in [-0.3, -0.25) is 5.32 Å². The van der Waals surface area contributed by atoms with Crippen molar-refractivity contribution < 1.29 is 18.3 Å². The predicted molar refractivity (Wildman–Crippen MR) is 109 cm³/mol. The number of rotatable bonds is 6. The molecular weight excluding hydrogens is 374 g/mol. The van der Waals surface area contributed by atoms with Crippen LogP contribution in [0.25, 0.3) is 10.9 Å². The van der Waals surface area contributed by atoms with Crippen molar-refractivity contribution in [3.63, 3.8) is 0 Å². The van der Waals surface area contributed by atoms with E-state index < -0.39 is 10.0 Å². The zero-order valence-electron chi connectivity index (χ0n) is 16.0. The highest BCUT2D eigenvalue weighted by Gasteiger charge is 2.29.